The molecule has 0 saturated carbocycles. The predicted octanol–water partition coefficient (Wildman–Crippen LogP) is 9.44. The molecule has 0 atom stereocenters. The summed E-state index contributed by atoms with van der Waals surface area (Å²) in [5.74, 6) is 3.21. The van der Waals surface area contributed by atoms with Crippen molar-refractivity contribution in [2.45, 2.75) is 77.8 Å². The second kappa shape index (κ2) is 12.2. The van der Waals surface area contributed by atoms with E-state index >= 15 is 0 Å². The number of ether oxygens (including phenoxy) is 2. The fraction of sp³-hybridized carbons (Fsp3) is 0.467. The largest absolute Gasteiger partial charge is 0.541 e. The molecule has 2 aromatic carbocycles. The van der Waals surface area contributed by atoms with Crippen molar-refractivity contribution >= 4 is 28.8 Å². The number of hydrogen-bond acceptors (Lipinski definition) is 4. The molecule has 2 rings (SSSR count). The summed E-state index contributed by atoms with van der Waals surface area (Å²) in [6.07, 6.45) is 3.62. The fourth-order valence-corrected chi connectivity index (χ4v) is 4.69. The van der Waals surface area contributed by atoms with Gasteiger partial charge in [-0.25, -0.2) is 0 Å². The fourth-order valence-electron chi connectivity index (χ4n) is 2.65. The first kappa shape index (κ1) is 31.6. The Kier molecular flexibility index (Phi) is 10.7. The minimum absolute atomic E-state index is 0.144. The quantitative estimate of drug-likeness (QED) is 0.320. The Morgan fingerprint density at radius 3 is 1.31 bits per heavy atom. The first-order valence-corrected chi connectivity index (χ1v) is 18.2. The SMILES string of the molecule is C=Cc1ccc(OC)c(OC)c1.C=Cc1ccc(O[Si](C)(C)C(C)(C)C)c(O[Si](C)(C)C(C)(C)C)c1. The zero-order valence-electron chi connectivity index (χ0n) is 24.7. The van der Waals surface area contributed by atoms with Crippen molar-refractivity contribution in [1.82, 2.24) is 0 Å². The summed E-state index contributed by atoms with van der Waals surface area (Å²) in [6, 6.07) is 11.8. The smallest absolute Gasteiger partial charge is 0.250 e. The standard InChI is InChI=1S/C20H36O2Si2.C10H12O2/c1-12-16-13-14-17(21-23(8,9)19(2,3)4)18(15-16)22-24(10,11)20(5,6)7;1-4-8-5-6-9(11-2)10(7-8)12-3/h12-15H,1H2,2-11H3;4-7H,1H2,2-3H3. The van der Waals surface area contributed by atoms with E-state index in [4.69, 9.17) is 18.3 Å². The highest BCUT2D eigenvalue weighted by molar-refractivity contribution is 6.75. The van der Waals surface area contributed by atoms with Gasteiger partial charge in [0.2, 0.25) is 0 Å². The lowest BCUT2D eigenvalue weighted by atomic mass is 10.2. The molecule has 4 nitrogen and oxygen atoms in total. The Hall–Kier alpha value is -2.45. The molecule has 0 spiro atoms. The molecule has 0 heterocycles. The molecule has 0 aliphatic carbocycles. The first-order valence-electron chi connectivity index (χ1n) is 12.4. The van der Waals surface area contributed by atoms with Crippen molar-refractivity contribution < 1.29 is 18.3 Å². The van der Waals surface area contributed by atoms with Crippen LogP contribution in [-0.4, -0.2) is 30.9 Å². The van der Waals surface area contributed by atoms with Gasteiger partial charge in [0.1, 0.15) is 11.5 Å². The van der Waals surface area contributed by atoms with Crippen LogP contribution in [0, 0.1) is 0 Å². The monoisotopic (exact) mass is 528 g/mol. The number of hydrogen-bond donors (Lipinski definition) is 0. The summed E-state index contributed by atoms with van der Waals surface area (Å²) in [5.41, 5.74) is 2.08. The van der Waals surface area contributed by atoms with Gasteiger partial charge in [0, 0.05) is 0 Å². The van der Waals surface area contributed by atoms with E-state index in [1.807, 2.05) is 36.4 Å². The highest BCUT2D eigenvalue weighted by Crippen LogP contribution is 2.43. The van der Waals surface area contributed by atoms with Crippen molar-refractivity contribution in [2.24, 2.45) is 0 Å². The van der Waals surface area contributed by atoms with Gasteiger partial charge in [-0.3, -0.25) is 0 Å². The second-order valence-electron chi connectivity index (χ2n) is 12.0. The number of benzene rings is 2. The van der Waals surface area contributed by atoms with Crippen LogP contribution in [0.25, 0.3) is 12.2 Å². The third-order valence-electron chi connectivity index (χ3n) is 7.19. The van der Waals surface area contributed by atoms with E-state index in [-0.39, 0.29) is 10.1 Å². The topological polar surface area (TPSA) is 36.9 Å². The minimum atomic E-state index is -1.93. The Morgan fingerprint density at radius 2 is 0.944 bits per heavy atom. The lowest BCUT2D eigenvalue weighted by Gasteiger charge is -2.39. The molecule has 200 valence electrons. The Balaban J connectivity index is 0.000000450. The minimum Gasteiger partial charge on any atom is -0.541 e. The zero-order chi connectivity index (χ0) is 27.9. The second-order valence-corrected chi connectivity index (χ2v) is 21.4. The van der Waals surface area contributed by atoms with Crippen LogP contribution in [0.4, 0.5) is 0 Å². The normalized spacial score (nSPS) is 12.1. The van der Waals surface area contributed by atoms with Crippen LogP contribution in [0.3, 0.4) is 0 Å². The van der Waals surface area contributed by atoms with Gasteiger partial charge in [-0.2, -0.15) is 0 Å². The molecule has 0 radical (unpaired) electrons. The summed E-state index contributed by atoms with van der Waals surface area (Å²) in [5, 5.41) is 0.295. The summed E-state index contributed by atoms with van der Waals surface area (Å²) in [4.78, 5) is 0. The van der Waals surface area contributed by atoms with E-state index in [1.165, 1.54) is 0 Å². The molecule has 0 fully saturated rings. The van der Waals surface area contributed by atoms with Crippen LogP contribution in [0.2, 0.25) is 36.3 Å². The van der Waals surface area contributed by atoms with E-state index in [2.05, 4.69) is 87.0 Å². The van der Waals surface area contributed by atoms with E-state index in [0.717, 1.165) is 34.1 Å². The molecule has 0 N–H and O–H groups in total. The van der Waals surface area contributed by atoms with Gasteiger partial charge in [-0.05, 0) is 71.7 Å². The van der Waals surface area contributed by atoms with Gasteiger partial charge in [0.05, 0.1) is 14.2 Å². The van der Waals surface area contributed by atoms with Gasteiger partial charge in [0.15, 0.2) is 11.5 Å². The van der Waals surface area contributed by atoms with Crippen LogP contribution in [0.5, 0.6) is 23.0 Å². The third kappa shape index (κ3) is 8.31. The van der Waals surface area contributed by atoms with E-state index in [1.54, 1.807) is 20.3 Å². The molecule has 0 saturated heterocycles. The summed E-state index contributed by atoms with van der Waals surface area (Å²) >= 11 is 0. The summed E-state index contributed by atoms with van der Waals surface area (Å²) < 4.78 is 23.3. The molecular formula is C30H48O4Si2. The summed E-state index contributed by atoms with van der Waals surface area (Å²) in [7, 11) is -0.617. The van der Waals surface area contributed by atoms with E-state index in [0.29, 0.717) is 0 Å². The highest BCUT2D eigenvalue weighted by Gasteiger charge is 2.42. The van der Waals surface area contributed by atoms with Gasteiger partial charge in [0.25, 0.3) is 16.6 Å². The Bertz CT molecular complexity index is 1030. The number of methoxy groups -OCH3 is 2. The lowest BCUT2D eigenvalue weighted by molar-refractivity contribution is 0.355. The molecule has 0 aliphatic rings. The van der Waals surface area contributed by atoms with Crippen molar-refractivity contribution in [1.29, 1.82) is 0 Å². The van der Waals surface area contributed by atoms with Gasteiger partial charge in [-0.1, -0.05) is 79.0 Å². The van der Waals surface area contributed by atoms with Crippen molar-refractivity contribution in [3.05, 3.63) is 60.7 Å². The highest BCUT2D eigenvalue weighted by atomic mass is 28.4. The maximum atomic E-state index is 6.59. The van der Waals surface area contributed by atoms with Gasteiger partial charge >= 0.3 is 0 Å². The van der Waals surface area contributed by atoms with Crippen LogP contribution in [0.1, 0.15) is 52.7 Å². The van der Waals surface area contributed by atoms with Crippen LogP contribution >= 0.6 is 0 Å². The summed E-state index contributed by atoms with van der Waals surface area (Å²) in [6.45, 7) is 30.2. The van der Waals surface area contributed by atoms with Crippen LogP contribution in [-0.2, 0) is 0 Å². The number of rotatable bonds is 8. The molecule has 0 unspecified atom stereocenters. The molecule has 36 heavy (non-hydrogen) atoms. The molecule has 0 aliphatic heterocycles. The Labute approximate surface area is 222 Å². The van der Waals surface area contributed by atoms with Gasteiger partial charge in [-0.15, -0.1) is 0 Å². The molecule has 0 aromatic heterocycles. The molecular weight excluding hydrogens is 480 g/mol. The maximum absolute atomic E-state index is 6.59. The van der Waals surface area contributed by atoms with Crippen molar-refractivity contribution in [3.8, 4) is 23.0 Å². The zero-order valence-corrected chi connectivity index (χ0v) is 26.7. The average molecular weight is 529 g/mol. The first-order chi connectivity index (χ1) is 16.4. The molecule has 2 aromatic rings. The maximum Gasteiger partial charge on any atom is 0.250 e. The average Bonchev–Trinajstić information content (AvgIpc) is 2.78. The van der Waals surface area contributed by atoms with Crippen molar-refractivity contribution in [3.63, 3.8) is 0 Å². The third-order valence-corrected chi connectivity index (χ3v) is 15.9. The van der Waals surface area contributed by atoms with E-state index in [9.17, 15) is 0 Å². The van der Waals surface area contributed by atoms with Crippen LogP contribution in [0.15, 0.2) is 49.6 Å². The molecule has 6 heteroatoms. The molecule has 0 bridgehead atoms. The van der Waals surface area contributed by atoms with Crippen molar-refractivity contribution in [2.75, 3.05) is 14.2 Å². The molecule has 0 amide bonds. The van der Waals surface area contributed by atoms with Crippen LogP contribution < -0.4 is 18.3 Å². The lowest BCUT2D eigenvalue weighted by Crippen LogP contribution is -2.45. The van der Waals surface area contributed by atoms with E-state index < -0.39 is 16.6 Å². The van der Waals surface area contributed by atoms with Gasteiger partial charge < -0.3 is 18.3 Å². The Morgan fingerprint density at radius 1 is 0.583 bits per heavy atom. The predicted molar refractivity (Wildman–Crippen MR) is 162 cm³/mol.